The Morgan fingerprint density at radius 3 is 2.53 bits per heavy atom. The summed E-state index contributed by atoms with van der Waals surface area (Å²) in [6.07, 6.45) is 5.81. The Kier molecular flexibility index (Phi) is 8.56. The average Bonchev–Trinajstić information content (AvgIpc) is 3.34. The van der Waals surface area contributed by atoms with Crippen LogP contribution in [0.25, 0.3) is 32.6 Å². The second-order valence-corrected chi connectivity index (χ2v) is 9.55. The van der Waals surface area contributed by atoms with Crippen molar-refractivity contribution >= 4 is 63.5 Å². The molecule has 0 saturated carbocycles. The van der Waals surface area contributed by atoms with Crippen LogP contribution in [0.3, 0.4) is 0 Å². The Morgan fingerprint density at radius 1 is 1.16 bits per heavy atom. The predicted octanol–water partition coefficient (Wildman–Crippen LogP) is 3.75. The Balaban J connectivity index is 0.00000336. The molecule has 1 aliphatic rings. The number of thiazole rings is 1. The van der Waals surface area contributed by atoms with Gasteiger partial charge in [-0.2, -0.15) is 0 Å². The van der Waals surface area contributed by atoms with Crippen LogP contribution < -0.4 is 15.5 Å². The molecule has 0 atom stereocenters. The van der Waals surface area contributed by atoms with Crippen LogP contribution in [-0.4, -0.2) is 75.5 Å². The summed E-state index contributed by atoms with van der Waals surface area (Å²) >= 11 is 1.17. The van der Waals surface area contributed by atoms with E-state index in [1.807, 2.05) is 17.0 Å². The van der Waals surface area contributed by atoms with Crippen LogP contribution in [0.15, 0.2) is 42.9 Å². The molecule has 10 nitrogen and oxygen atoms in total. The van der Waals surface area contributed by atoms with E-state index in [4.69, 9.17) is 0 Å². The molecule has 1 saturated heterocycles. The van der Waals surface area contributed by atoms with Crippen molar-refractivity contribution in [1.29, 1.82) is 0 Å². The summed E-state index contributed by atoms with van der Waals surface area (Å²) < 4.78 is 16.4. The number of carbonyl (C=O) groups excluding carboxylic acids is 1. The topological polar surface area (TPSA) is 133 Å². The fourth-order valence-electron chi connectivity index (χ4n) is 4.28. The number of piperidine rings is 1. The van der Waals surface area contributed by atoms with Crippen LogP contribution in [0.2, 0.25) is 0 Å². The molecule has 5 rings (SSSR count). The van der Waals surface area contributed by atoms with Crippen molar-refractivity contribution in [3.05, 3.63) is 48.7 Å². The van der Waals surface area contributed by atoms with Gasteiger partial charge in [-0.25, -0.2) is 24.1 Å². The minimum absolute atomic E-state index is 0. The first kappa shape index (κ1) is 27.4. The monoisotopic (exact) mass is 529 g/mol. The molecule has 4 heterocycles. The van der Waals surface area contributed by atoms with Gasteiger partial charge in [0.15, 0.2) is 10.9 Å². The van der Waals surface area contributed by atoms with Gasteiger partial charge >= 0.3 is 30.9 Å². The number of aromatic nitrogens is 4. The molecule has 13 heteroatoms. The summed E-state index contributed by atoms with van der Waals surface area (Å²) in [5, 5.41) is 14.8. The summed E-state index contributed by atoms with van der Waals surface area (Å²) in [5.41, 5.74) is 2.16. The zero-order chi connectivity index (χ0) is 25.9. The number of rotatable bonds is 6. The van der Waals surface area contributed by atoms with E-state index in [9.17, 15) is 14.7 Å². The molecule has 0 spiro atoms. The van der Waals surface area contributed by atoms with Gasteiger partial charge in [0.2, 0.25) is 5.95 Å². The van der Waals surface area contributed by atoms with E-state index in [1.165, 1.54) is 11.3 Å². The molecule has 38 heavy (non-hydrogen) atoms. The fourth-order valence-corrected chi connectivity index (χ4v) is 5.26. The van der Waals surface area contributed by atoms with Gasteiger partial charge in [-0.15, -0.1) is 0 Å². The van der Waals surface area contributed by atoms with Crippen molar-refractivity contribution in [3.8, 4) is 22.4 Å². The summed E-state index contributed by atoms with van der Waals surface area (Å²) in [6, 6.07) is 6.75. The molecule has 1 aromatic carbocycles. The summed E-state index contributed by atoms with van der Waals surface area (Å²) in [4.78, 5) is 42.9. The molecule has 0 bridgehead atoms. The van der Waals surface area contributed by atoms with Gasteiger partial charge in [0.25, 0.3) is 0 Å². The Bertz CT molecular complexity index is 1450. The Morgan fingerprint density at radius 2 is 1.89 bits per heavy atom. The maximum atomic E-state index is 15.8. The molecule has 2 amide bonds. The summed E-state index contributed by atoms with van der Waals surface area (Å²) in [7, 11) is 0. The summed E-state index contributed by atoms with van der Waals surface area (Å²) in [5.74, 6) is -1.21. The number of nitrogens with one attached hydrogen (secondary N) is 2. The van der Waals surface area contributed by atoms with Crippen LogP contribution in [0, 0.1) is 11.7 Å². The van der Waals surface area contributed by atoms with Crippen LogP contribution in [0.4, 0.5) is 20.3 Å². The van der Waals surface area contributed by atoms with E-state index in [1.54, 1.807) is 37.6 Å². The molecular weight excluding hydrogens is 504 g/mol. The van der Waals surface area contributed by atoms with Gasteiger partial charge in [0.1, 0.15) is 5.52 Å². The second-order valence-electron chi connectivity index (χ2n) is 8.55. The van der Waals surface area contributed by atoms with E-state index in [0.717, 1.165) is 0 Å². The van der Waals surface area contributed by atoms with Crippen LogP contribution >= 0.6 is 11.3 Å². The SMILES string of the molecule is CCNC(=O)Nc1nc2c(F)c(-c3cnc(N4CCC(C(=O)O)CC4)nc3)cc(-c3ccccn3)c2s1.[LiH]. The second kappa shape index (κ2) is 11.9. The van der Waals surface area contributed by atoms with Gasteiger partial charge < -0.3 is 15.3 Å². The van der Waals surface area contributed by atoms with Gasteiger partial charge in [-0.1, -0.05) is 17.4 Å². The van der Waals surface area contributed by atoms with Crippen molar-refractivity contribution in [1.82, 2.24) is 25.3 Å². The van der Waals surface area contributed by atoms with Gasteiger partial charge in [-0.3, -0.25) is 15.1 Å². The number of amides is 2. The quantitative estimate of drug-likeness (QED) is 0.322. The molecule has 4 aromatic rings. The van der Waals surface area contributed by atoms with E-state index < -0.39 is 17.8 Å². The van der Waals surface area contributed by atoms with Crippen molar-refractivity contribution in [2.75, 3.05) is 29.9 Å². The van der Waals surface area contributed by atoms with Crippen LogP contribution in [-0.2, 0) is 4.79 Å². The van der Waals surface area contributed by atoms with E-state index >= 15 is 4.39 Å². The zero-order valence-electron chi connectivity index (χ0n) is 19.9. The van der Waals surface area contributed by atoms with E-state index in [0.29, 0.717) is 59.9 Å². The minimum atomic E-state index is -0.781. The third kappa shape index (κ3) is 5.62. The first-order chi connectivity index (χ1) is 17.9. The molecule has 0 aliphatic carbocycles. The normalized spacial score (nSPS) is 13.7. The number of pyridine rings is 1. The molecule has 1 aliphatic heterocycles. The Hall–Kier alpha value is -3.59. The number of hydrogen-bond donors (Lipinski definition) is 3. The van der Waals surface area contributed by atoms with Crippen molar-refractivity contribution < 1.29 is 19.1 Å². The third-order valence-electron chi connectivity index (χ3n) is 6.18. The number of hydrogen-bond acceptors (Lipinski definition) is 8. The number of benzene rings is 1. The van der Waals surface area contributed by atoms with Crippen molar-refractivity contribution in [3.63, 3.8) is 0 Å². The number of carboxylic acid groups (broad SMARTS) is 1. The van der Waals surface area contributed by atoms with E-state index in [-0.39, 0.29) is 41.0 Å². The number of carboxylic acids is 1. The number of halogens is 1. The van der Waals surface area contributed by atoms with Crippen molar-refractivity contribution in [2.45, 2.75) is 19.8 Å². The standard InChI is InChI=1S/C25H24FN7O3S.Li.H/c1-2-27-24(36)32-25-31-20-19(26)16(11-17(21(20)37-25)18-5-3-4-8-28-18)15-12-29-23(30-13-15)33-9-6-14(7-10-33)22(34)35;;/h3-5,8,11-14H,2,6-7,9-10H2,1H3,(H,34,35)(H2,27,31,32,36);;. The first-order valence-corrected chi connectivity index (χ1v) is 12.7. The average molecular weight is 530 g/mol. The number of aliphatic carboxylic acids is 1. The number of fused-ring (bicyclic) bond motifs is 1. The molecule has 0 unspecified atom stereocenters. The Labute approximate surface area is 233 Å². The van der Waals surface area contributed by atoms with Crippen molar-refractivity contribution in [2.24, 2.45) is 5.92 Å². The molecule has 192 valence electrons. The maximum absolute atomic E-state index is 15.8. The predicted molar refractivity (Wildman–Crippen MR) is 146 cm³/mol. The first-order valence-electron chi connectivity index (χ1n) is 11.8. The molecule has 3 aromatic heterocycles. The number of anilines is 2. The number of urea groups is 1. The molecule has 1 fully saturated rings. The van der Waals surface area contributed by atoms with Crippen LogP contribution in [0.1, 0.15) is 19.8 Å². The molecule has 3 N–H and O–H groups in total. The zero-order valence-corrected chi connectivity index (χ0v) is 20.8. The van der Waals surface area contributed by atoms with E-state index in [2.05, 4.69) is 30.6 Å². The van der Waals surface area contributed by atoms with Crippen LogP contribution in [0.5, 0.6) is 0 Å². The number of nitrogens with zero attached hydrogens (tertiary/aromatic N) is 5. The van der Waals surface area contributed by atoms with Gasteiger partial charge in [0, 0.05) is 54.9 Å². The van der Waals surface area contributed by atoms with Gasteiger partial charge in [-0.05, 0) is 38.0 Å². The summed E-state index contributed by atoms with van der Waals surface area (Å²) in [6.45, 7) is 3.33. The number of carbonyl (C=O) groups is 2. The van der Waals surface area contributed by atoms with Gasteiger partial charge in [0.05, 0.1) is 16.3 Å². The molecular formula is C25H25FLiN7O3S. The fraction of sp³-hybridized carbons (Fsp3) is 0.280. The third-order valence-corrected chi connectivity index (χ3v) is 7.18. The molecule has 0 radical (unpaired) electrons.